The smallest absolute Gasteiger partial charge is 0.462 e. The van der Waals surface area contributed by atoms with E-state index in [1.54, 1.807) is 0 Å². The summed E-state index contributed by atoms with van der Waals surface area (Å²) in [5.41, 5.74) is 0. The number of quaternary nitrogens is 1. The zero-order valence-corrected chi connectivity index (χ0v) is 40.0. The average Bonchev–Trinajstić information content (AvgIpc) is 3.17. The van der Waals surface area contributed by atoms with Crippen LogP contribution >= 0.6 is 7.82 Å². The van der Waals surface area contributed by atoms with Crippen LogP contribution in [0.5, 0.6) is 0 Å². The topological polar surface area (TPSA) is 108 Å². The Labute approximate surface area is 359 Å². The van der Waals surface area contributed by atoms with E-state index < -0.39 is 26.5 Å². The Bertz CT molecular complexity index is 958. The highest BCUT2D eigenvalue weighted by molar-refractivity contribution is 7.47. The van der Waals surface area contributed by atoms with E-state index in [4.69, 9.17) is 18.5 Å². The van der Waals surface area contributed by atoms with Gasteiger partial charge in [0.25, 0.3) is 0 Å². The SMILES string of the molecule is CCCCCCCCCCCCCCCCCCCCCCCCC(=O)OC[C@H](COP(=O)(O)OCC[N+](C)(C)C)OC(=O)CCCCCCCCCCCCCC. The van der Waals surface area contributed by atoms with E-state index in [2.05, 4.69) is 13.8 Å². The molecule has 0 saturated heterocycles. The van der Waals surface area contributed by atoms with Gasteiger partial charge in [0.05, 0.1) is 27.7 Å². The van der Waals surface area contributed by atoms with Crippen molar-refractivity contribution in [1.29, 1.82) is 0 Å². The van der Waals surface area contributed by atoms with Crippen molar-refractivity contribution in [3.63, 3.8) is 0 Å². The van der Waals surface area contributed by atoms with Crippen molar-refractivity contribution in [3.8, 4) is 0 Å². The van der Waals surface area contributed by atoms with E-state index in [0.717, 1.165) is 38.5 Å². The number of hydrogen-bond acceptors (Lipinski definition) is 7. The minimum atomic E-state index is -4.37. The summed E-state index contributed by atoms with van der Waals surface area (Å²) in [7, 11) is 1.50. The predicted octanol–water partition coefficient (Wildman–Crippen LogP) is 14.4. The highest BCUT2D eigenvalue weighted by Crippen LogP contribution is 2.43. The van der Waals surface area contributed by atoms with Crippen LogP contribution in [0.3, 0.4) is 0 Å². The lowest BCUT2D eigenvalue weighted by Gasteiger charge is -2.24. The van der Waals surface area contributed by atoms with Crippen LogP contribution in [-0.4, -0.2) is 74.9 Å². The highest BCUT2D eigenvalue weighted by atomic mass is 31.2. The maximum absolute atomic E-state index is 12.7. The molecule has 0 rings (SSSR count). The van der Waals surface area contributed by atoms with Crippen molar-refractivity contribution in [1.82, 2.24) is 0 Å². The first-order chi connectivity index (χ1) is 28.0. The third-order valence-corrected chi connectivity index (χ3v) is 12.1. The van der Waals surface area contributed by atoms with Crippen LogP contribution in [0.2, 0.25) is 0 Å². The lowest BCUT2D eigenvalue weighted by Crippen LogP contribution is -2.37. The summed E-state index contributed by atoms with van der Waals surface area (Å²) in [4.78, 5) is 35.4. The van der Waals surface area contributed by atoms with Gasteiger partial charge >= 0.3 is 19.8 Å². The van der Waals surface area contributed by atoms with Crippen LogP contribution in [0.4, 0.5) is 0 Å². The summed E-state index contributed by atoms with van der Waals surface area (Å²) in [5, 5.41) is 0. The number of unbranched alkanes of at least 4 members (excludes halogenated alkanes) is 32. The number of hydrogen-bond donors (Lipinski definition) is 1. The molecule has 2 atom stereocenters. The zero-order chi connectivity index (χ0) is 42.8. The van der Waals surface area contributed by atoms with Gasteiger partial charge in [-0.3, -0.25) is 18.6 Å². The molecule has 9 nitrogen and oxygen atoms in total. The van der Waals surface area contributed by atoms with Gasteiger partial charge < -0.3 is 18.9 Å². The van der Waals surface area contributed by atoms with Gasteiger partial charge in [-0.2, -0.15) is 0 Å². The van der Waals surface area contributed by atoms with Gasteiger partial charge in [0.2, 0.25) is 0 Å². The molecule has 0 amide bonds. The number of carbonyl (C=O) groups is 2. The maximum Gasteiger partial charge on any atom is 0.472 e. The molecule has 0 saturated carbocycles. The van der Waals surface area contributed by atoms with Crippen molar-refractivity contribution >= 4 is 19.8 Å². The molecular weight excluding hydrogens is 750 g/mol. The maximum atomic E-state index is 12.7. The Kier molecular flexibility index (Phi) is 40.7. The van der Waals surface area contributed by atoms with E-state index in [0.29, 0.717) is 17.4 Å². The fraction of sp³-hybridized carbons (Fsp3) is 0.958. The fourth-order valence-electron chi connectivity index (χ4n) is 7.25. The standard InChI is InChI=1S/C48H96NO8P/c1-6-8-10-12-14-16-18-20-21-22-23-24-25-26-27-28-29-31-32-34-36-38-40-47(50)54-44-46(45-56-58(52,53)55-43-42-49(3,4)5)57-48(51)41-39-37-35-33-30-19-17-15-13-11-9-7-2/h46H,6-45H2,1-5H3/p+1/t46-/m1/s1. The zero-order valence-electron chi connectivity index (χ0n) is 39.1. The van der Waals surface area contributed by atoms with Crippen molar-refractivity contribution < 1.29 is 42.1 Å². The Morgan fingerprint density at radius 2 is 0.776 bits per heavy atom. The highest BCUT2D eigenvalue weighted by Gasteiger charge is 2.27. The molecule has 0 aliphatic carbocycles. The van der Waals surface area contributed by atoms with Gasteiger partial charge in [0, 0.05) is 12.8 Å². The van der Waals surface area contributed by atoms with E-state index in [1.165, 1.54) is 180 Å². The van der Waals surface area contributed by atoms with Crippen LogP contribution in [0.15, 0.2) is 0 Å². The largest absolute Gasteiger partial charge is 0.472 e. The molecule has 0 heterocycles. The third kappa shape index (κ3) is 44.6. The number of rotatable bonds is 46. The van der Waals surface area contributed by atoms with Gasteiger partial charge in [-0.25, -0.2) is 4.57 Å². The molecule has 58 heavy (non-hydrogen) atoms. The Morgan fingerprint density at radius 3 is 1.10 bits per heavy atom. The number of phosphoric ester groups is 1. The molecule has 0 aliphatic heterocycles. The molecule has 0 spiro atoms. The van der Waals surface area contributed by atoms with E-state index >= 15 is 0 Å². The first-order valence-corrected chi connectivity index (χ1v) is 26.3. The van der Waals surface area contributed by atoms with Gasteiger partial charge in [0.1, 0.15) is 19.8 Å². The van der Waals surface area contributed by atoms with Gasteiger partial charge in [-0.05, 0) is 12.8 Å². The molecule has 0 fully saturated rings. The second-order valence-electron chi connectivity index (χ2n) is 18.2. The summed E-state index contributed by atoms with van der Waals surface area (Å²) in [6, 6.07) is 0. The number of likely N-dealkylation sites (N-methyl/N-ethyl adjacent to an activating group) is 1. The predicted molar refractivity (Wildman–Crippen MR) is 243 cm³/mol. The number of nitrogens with zero attached hydrogens (tertiary/aromatic N) is 1. The molecule has 0 radical (unpaired) electrons. The summed E-state index contributed by atoms with van der Waals surface area (Å²) in [6.45, 7) is 4.47. The van der Waals surface area contributed by atoms with Crippen LogP contribution in [0, 0.1) is 0 Å². The molecule has 346 valence electrons. The summed E-state index contributed by atoms with van der Waals surface area (Å²) >= 11 is 0. The van der Waals surface area contributed by atoms with Crippen molar-refractivity contribution in [2.45, 2.75) is 251 Å². The first kappa shape index (κ1) is 57.0. The van der Waals surface area contributed by atoms with E-state index in [1.807, 2.05) is 21.1 Å². The molecule has 0 aromatic carbocycles. The number of carbonyl (C=O) groups excluding carboxylic acids is 2. The Morgan fingerprint density at radius 1 is 0.466 bits per heavy atom. The minimum absolute atomic E-state index is 0.0369. The van der Waals surface area contributed by atoms with Gasteiger partial charge in [-0.1, -0.05) is 219 Å². The molecule has 0 aliphatic rings. The molecule has 0 aromatic rings. The molecule has 0 bridgehead atoms. The van der Waals surface area contributed by atoms with E-state index in [9.17, 15) is 19.0 Å². The molecule has 1 unspecified atom stereocenters. The summed E-state index contributed by atoms with van der Waals surface area (Å²) < 4.78 is 34.4. The lowest BCUT2D eigenvalue weighted by molar-refractivity contribution is -0.870. The van der Waals surface area contributed by atoms with Crippen LogP contribution < -0.4 is 0 Å². The minimum Gasteiger partial charge on any atom is -0.462 e. The number of phosphoric acid groups is 1. The number of ether oxygens (including phenoxy) is 2. The summed E-state index contributed by atoms with van der Waals surface area (Å²) in [5.74, 6) is -0.781. The third-order valence-electron chi connectivity index (χ3n) is 11.1. The van der Waals surface area contributed by atoms with Crippen molar-refractivity contribution in [2.75, 3.05) is 47.5 Å². The van der Waals surface area contributed by atoms with Crippen molar-refractivity contribution in [3.05, 3.63) is 0 Å². The first-order valence-electron chi connectivity index (χ1n) is 24.8. The van der Waals surface area contributed by atoms with Crippen LogP contribution in [-0.2, 0) is 32.7 Å². The monoisotopic (exact) mass is 847 g/mol. The summed E-state index contributed by atoms with van der Waals surface area (Å²) in [6.07, 6.45) is 43.0. The number of esters is 2. The second kappa shape index (κ2) is 41.4. The lowest BCUT2D eigenvalue weighted by atomic mass is 10.0. The molecular formula is C48H97NO8P+. The molecule has 1 N–H and O–H groups in total. The van der Waals surface area contributed by atoms with Crippen molar-refractivity contribution in [2.24, 2.45) is 0 Å². The Hall–Kier alpha value is -0.990. The quantitative estimate of drug-likeness (QED) is 0.0279. The van der Waals surface area contributed by atoms with E-state index in [-0.39, 0.29) is 25.6 Å². The molecule has 0 aromatic heterocycles. The second-order valence-corrected chi connectivity index (χ2v) is 19.7. The van der Waals surface area contributed by atoms with Gasteiger partial charge in [0.15, 0.2) is 6.10 Å². The fourth-order valence-corrected chi connectivity index (χ4v) is 7.99. The van der Waals surface area contributed by atoms with Crippen LogP contribution in [0.25, 0.3) is 0 Å². The Balaban J connectivity index is 4.14. The average molecular weight is 847 g/mol. The normalized spacial score (nSPS) is 13.4. The van der Waals surface area contributed by atoms with Crippen LogP contribution in [0.1, 0.15) is 245 Å². The van der Waals surface area contributed by atoms with Gasteiger partial charge in [-0.15, -0.1) is 0 Å². The molecule has 10 heteroatoms.